The van der Waals surface area contributed by atoms with Crippen molar-refractivity contribution in [2.45, 2.75) is 87.2 Å². The molecule has 1 heterocycles. The Labute approximate surface area is 199 Å². The molecule has 5 rings (SSSR count). The number of halogens is 5. The Balaban J connectivity index is 1.51. The van der Waals surface area contributed by atoms with Crippen LogP contribution in [-0.4, -0.2) is 56.4 Å². The van der Waals surface area contributed by atoms with Crippen LogP contribution in [0.1, 0.15) is 58.3 Å². The van der Waals surface area contributed by atoms with Gasteiger partial charge < -0.3 is 14.8 Å². The van der Waals surface area contributed by atoms with Crippen molar-refractivity contribution in [1.29, 1.82) is 5.26 Å². The molecular formula is C21H27F5N2O6S. The van der Waals surface area contributed by atoms with E-state index in [-0.39, 0.29) is 31.5 Å². The van der Waals surface area contributed by atoms with Gasteiger partial charge in [-0.2, -0.15) is 35.6 Å². The Kier molecular flexibility index (Phi) is 6.43. The fraction of sp³-hybridized carbons (Fsp3) is 0.905. The van der Waals surface area contributed by atoms with Crippen molar-refractivity contribution >= 4 is 16.0 Å². The number of amides is 1. The summed E-state index contributed by atoms with van der Waals surface area (Å²) in [4.78, 5) is 12.5. The molecule has 4 bridgehead atoms. The average molecular weight is 531 g/mol. The molecule has 1 aliphatic heterocycles. The quantitative estimate of drug-likeness (QED) is 0.397. The van der Waals surface area contributed by atoms with Crippen LogP contribution in [-0.2, 0) is 28.6 Å². The van der Waals surface area contributed by atoms with Crippen LogP contribution in [0.15, 0.2) is 0 Å². The first-order valence-electron chi connectivity index (χ1n) is 11.4. The van der Waals surface area contributed by atoms with E-state index in [0.29, 0.717) is 32.1 Å². The van der Waals surface area contributed by atoms with Crippen LogP contribution < -0.4 is 5.32 Å². The summed E-state index contributed by atoms with van der Waals surface area (Å²) < 4.78 is 109. The second-order valence-corrected chi connectivity index (χ2v) is 12.2. The normalized spacial score (nSPS) is 35.3. The van der Waals surface area contributed by atoms with Crippen LogP contribution in [0, 0.1) is 28.6 Å². The van der Waals surface area contributed by atoms with Crippen molar-refractivity contribution in [1.82, 2.24) is 5.32 Å². The number of nitrogens with one attached hydrogen (secondary N) is 1. The van der Waals surface area contributed by atoms with Gasteiger partial charge in [-0.3, -0.25) is 8.98 Å². The lowest BCUT2D eigenvalue weighted by molar-refractivity contribution is -0.288. The van der Waals surface area contributed by atoms with Crippen LogP contribution in [0.4, 0.5) is 22.0 Å². The first-order chi connectivity index (χ1) is 16.0. The largest absolute Gasteiger partial charge is 0.446 e. The number of rotatable bonds is 7. The molecule has 3 unspecified atom stereocenters. The summed E-state index contributed by atoms with van der Waals surface area (Å²) >= 11 is 0. The van der Waals surface area contributed by atoms with Gasteiger partial charge in [-0.1, -0.05) is 0 Å². The summed E-state index contributed by atoms with van der Waals surface area (Å²) in [6, 6.07) is 2.23. The van der Waals surface area contributed by atoms with Gasteiger partial charge in [0.25, 0.3) is 0 Å². The third-order valence-corrected chi connectivity index (χ3v) is 8.82. The van der Waals surface area contributed by atoms with Gasteiger partial charge >= 0.3 is 27.5 Å². The summed E-state index contributed by atoms with van der Waals surface area (Å²) in [7, 11) is -6.36. The molecule has 1 saturated heterocycles. The molecule has 14 heteroatoms. The highest BCUT2D eigenvalue weighted by atomic mass is 32.2. The lowest BCUT2D eigenvalue weighted by Crippen LogP contribution is -2.65. The van der Waals surface area contributed by atoms with Crippen molar-refractivity contribution in [2.75, 3.05) is 13.2 Å². The molecule has 5 fully saturated rings. The molecule has 4 aliphatic carbocycles. The first-order valence-corrected chi connectivity index (χ1v) is 12.8. The van der Waals surface area contributed by atoms with Gasteiger partial charge in [-0.25, -0.2) is 0 Å². The van der Waals surface area contributed by atoms with E-state index in [9.17, 15) is 40.4 Å². The minimum atomic E-state index is -6.36. The molecule has 5 aliphatic rings. The van der Waals surface area contributed by atoms with Gasteiger partial charge in [-0.15, -0.1) is 0 Å². The van der Waals surface area contributed by atoms with Gasteiger partial charge in [0, 0.05) is 12.0 Å². The maximum absolute atomic E-state index is 14.9. The summed E-state index contributed by atoms with van der Waals surface area (Å²) in [6.07, 6.45) is -6.81. The van der Waals surface area contributed by atoms with Crippen LogP contribution in [0.2, 0.25) is 0 Å². The summed E-state index contributed by atoms with van der Waals surface area (Å²) in [5.41, 5.74) is -2.00. The smallest absolute Gasteiger partial charge is 0.350 e. The zero-order valence-corrected chi connectivity index (χ0v) is 19.8. The predicted octanol–water partition coefficient (Wildman–Crippen LogP) is 3.38. The Morgan fingerprint density at radius 3 is 2.23 bits per heavy atom. The topological polar surface area (TPSA) is 115 Å². The molecule has 0 aromatic carbocycles. The minimum Gasteiger partial charge on any atom is -0.350 e. The number of ether oxygens (including phenoxy) is 2. The highest BCUT2D eigenvalue weighted by Crippen LogP contribution is 2.61. The van der Waals surface area contributed by atoms with E-state index >= 15 is 0 Å². The number of nitriles is 1. The lowest BCUT2D eigenvalue weighted by atomic mass is 9.47. The molecule has 198 valence electrons. The standard InChI is InChI=1S/C21H27F5N2O6S/c1-17(32-3-2-4-33-17)10-15(20(22,23)24)34-35(30,31)21(25,26)16(29)28-19-8-13-5-14(9-19)7-18(6-13,11-19)12-27/h13-15H,2-11H2,1H3,(H,28,29). The molecule has 0 radical (unpaired) electrons. The molecule has 0 aromatic rings. The SMILES string of the molecule is CC1(CC(OS(=O)(=O)C(F)(F)C(=O)NC23CC4CC(CC(C#N)(C4)C2)C3)C(F)(F)F)OCCCO1. The van der Waals surface area contributed by atoms with E-state index in [4.69, 9.17) is 9.47 Å². The minimum absolute atomic E-state index is 0.0172. The van der Waals surface area contributed by atoms with Gasteiger partial charge in [0.1, 0.15) is 0 Å². The van der Waals surface area contributed by atoms with Crippen molar-refractivity contribution in [3.05, 3.63) is 0 Å². The van der Waals surface area contributed by atoms with Crippen molar-refractivity contribution in [2.24, 2.45) is 17.3 Å². The van der Waals surface area contributed by atoms with Crippen molar-refractivity contribution in [3.8, 4) is 6.07 Å². The molecule has 0 aromatic heterocycles. The highest BCUT2D eigenvalue weighted by Gasteiger charge is 2.63. The monoisotopic (exact) mass is 530 g/mol. The van der Waals surface area contributed by atoms with E-state index in [0.717, 1.165) is 13.3 Å². The van der Waals surface area contributed by atoms with Gasteiger partial charge in [-0.05, 0) is 63.7 Å². The number of carbonyl (C=O) groups excluding carboxylic acids is 1. The second kappa shape index (κ2) is 8.49. The number of hydrogen-bond donors (Lipinski definition) is 1. The average Bonchev–Trinajstić information content (AvgIpc) is 2.71. The van der Waals surface area contributed by atoms with Crippen molar-refractivity contribution in [3.63, 3.8) is 0 Å². The number of alkyl halides is 5. The predicted molar refractivity (Wildman–Crippen MR) is 108 cm³/mol. The molecule has 35 heavy (non-hydrogen) atoms. The Morgan fingerprint density at radius 2 is 1.71 bits per heavy atom. The molecular weight excluding hydrogens is 503 g/mol. The fourth-order valence-corrected chi connectivity index (χ4v) is 7.40. The first kappa shape index (κ1) is 26.5. The Hall–Kier alpha value is -1.56. The third kappa shape index (κ3) is 5.01. The molecule has 3 atom stereocenters. The van der Waals surface area contributed by atoms with E-state index < -0.39 is 56.7 Å². The highest BCUT2D eigenvalue weighted by molar-refractivity contribution is 7.88. The summed E-state index contributed by atoms with van der Waals surface area (Å²) in [6.45, 7) is 1.17. The number of hydrogen-bond acceptors (Lipinski definition) is 7. The van der Waals surface area contributed by atoms with E-state index in [1.165, 1.54) is 0 Å². The number of nitrogens with zero attached hydrogens (tertiary/aromatic N) is 1. The fourth-order valence-electron chi connectivity index (χ4n) is 6.52. The van der Waals surface area contributed by atoms with Gasteiger partial charge in [0.05, 0.1) is 24.7 Å². The lowest BCUT2D eigenvalue weighted by Gasteiger charge is -2.59. The Bertz CT molecular complexity index is 991. The maximum Gasteiger partial charge on any atom is 0.446 e. The van der Waals surface area contributed by atoms with Crippen LogP contribution in [0.5, 0.6) is 0 Å². The molecule has 0 spiro atoms. The molecule has 1 N–H and O–H groups in total. The van der Waals surface area contributed by atoms with Crippen LogP contribution >= 0.6 is 0 Å². The second-order valence-electron chi connectivity index (χ2n) is 10.6. The summed E-state index contributed by atoms with van der Waals surface area (Å²) in [5, 5.41) is 6.45. The van der Waals surface area contributed by atoms with Crippen LogP contribution in [0.25, 0.3) is 0 Å². The summed E-state index contributed by atoms with van der Waals surface area (Å²) in [5.74, 6) is -4.13. The van der Waals surface area contributed by atoms with Crippen LogP contribution in [0.3, 0.4) is 0 Å². The van der Waals surface area contributed by atoms with E-state index in [2.05, 4.69) is 15.6 Å². The third-order valence-electron chi connectivity index (χ3n) is 7.52. The molecule has 1 amide bonds. The zero-order valence-electron chi connectivity index (χ0n) is 19.0. The molecule has 8 nitrogen and oxygen atoms in total. The van der Waals surface area contributed by atoms with E-state index in [1.54, 1.807) is 0 Å². The Morgan fingerprint density at radius 1 is 1.14 bits per heavy atom. The van der Waals surface area contributed by atoms with E-state index in [1.807, 2.05) is 0 Å². The molecule has 4 saturated carbocycles. The number of carbonyl (C=O) groups is 1. The van der Waals surface area contributed by atoms with Crippen molar-refractivity contribution < 1.29 is 48.8 Å². The van der Waals surface area contributed by atoms with Gasteiger partial charge in [0.15, 0.2) is 11.9 Å². The zero-order chi connectivity index (χ0) is 25.9. The maximum atomic E-state index is 14.9. The van der Waals surface area contributed by atoms with Gasteiger partial charge in [0.2, 0.25) is 0 Å².